The van der Waals surface area contributed by atoms with Crippen LogP contribution >= 0.6 is 0 Å². The number of benzene rings is 3. The number of carbonyl (C=O) groups is 1. The summed E-state index contributed by atoms with van der Waals surface area (Å²) in [4.78, 5) is 12.6. The molecule has 0 fully saturated rings. The van der Waals surface area contributed by atoms with E-state index in [-0.39, 0.29) is 10.8 Å². The van der Waals surface area contributed by atoms with Crippen LogP contribution in [0.3, 0.4) is 0 Å². The summed E-state index contributed by atoms with van der Waals surface area (Å²) in [5.74, 6) is 1.11. The number of sulfonamides is 1. The molecule has 162 valence electrons. The average Bonchev–Trinajstić information content (AvgIpc) is 2.78. The van der Waals surface area contributed by atoms with Crippen molar-refractivity contribution in [3.05, 3.63) is 72.3 Å². The Hall–Kier alpha value is -3.72. The third-order valence-corrected chi connectivity index (χ3v) is 5.79. The quantitative estimate of drug-likeness (QED) is 0.551. The monoisotopic (exact) mass is 442 g/mol. The standard InChI is InChI=1S/C22H22N2O6S/c1-28-18-6-4-5-17(14-18)24-31(26,27)19-10-8-16(9-11-19)23-22(25)15-7-12-20(29-2)21(13-15)30-3/h4-14,24H,1-3H3,(H,23,25). The molecule has 0 heterocycles. The summed E-state index contributed by atoms with van der Waals surface area (Å²) in [6.45, 7) is 0. The second-order valence-electron chi connectivity index (χ2n) is 6.39. The molecule has 0 radical (unpaired) electrons. The van der Waals surface area contributed by atoms with E-state index in [0.717, 1.165) is 0 Å². The van der Waals surface area contributed by atoms with E-state index in [2.05, 4.69) is 10.0 Å². The van der Waals surface area contributed by atoms with Crippen molar-refractivity contribution in [2.45, 2.75) is 4.90 Å². The number of carbonyl (C=O) groups excluding carboxylic acids is 1. The fourth-order valence-corrected chi connectivity index (χ4v) is 3.85. The third kappa shape index (κ3) is 5.26. The molecule has 0 spiro atoms. The lowest BCUT2D eigenvalue weighted by molar-refractivity contribution is 0.102. The van der Waals surface area contributed by atoms with Crippen molar-refractivity contribution in [1.82, 2.24) is 0 Å². The molecule has 3 aromatic carbocycles. The summed E-state index contributed by atoms with van der Waals surface area (Å²) in [7, 11) is 0.696. The molecule has 8 nitrogen and oxygen atoms in total. The molecule has 0 unspecified atom stereocenters. The molecule has 9 heteroatoms. The van der Waals surface area contributed by atoms with Gasteiger partial charge in [0, 0.05) is 17.3 Å². The number of hydrogen-bond acceptors (Lipinski definition) is 6. The number of nitrogens with one attached hydrogen (secondary N) is 2. The Kier molecular flexibility index (Phi) is 6.66. The van der Waals surface area contributed by atoms with Gasteiger partial charge in [-0.15, -0.1) is 0 Å². The van der Waals surface area contributed by atoms with E-state index < -0.39 is 10.0 Å². The molecule has 0 saturated heterocycles. The molecule has 2 N–H and O–H groups in total. The Morgan fingerprint density at radius 2 is 1.48 bits per heavy atom. The minimum absolute atomic E-state index is 0.0550. The van der Waals surface area contributed by atoms with Crippen LogP contribution < -0.4 is 24.2 Å². The first kappa shape index (κ1) is 22.0. The number of rotatable bonds is 8. The lowest BCUT2D eigenvalue weighted by Gasteiger charge is -2.11. The van der Waals surface area contributed by atoms with E-state index in [1.807, 2.05) is 0 Å². The normalized spacial score (nSPS) is 10.8. The van der Waals surface area contributed by atoms with Gasteiger partial charge in [-0.2, -0.15) is 0 Å². The maximum Gasteiger partial charge on any atom is 0.261 e. The fourth-order valence-electron chi connectivity index (χ4n) is 2.80. The van der Waals surface area contributed by atoms with Crippen LogP contribution in [0.25, 0.3) is 0 Å². The van der Waals surface area contributed by atoms with E-state index >= 15 is 0 Å². The maximum absolute atomic E-state index is 12.6. The Labute approximate surface area is 180 Å². The Morgan fingerprint density at radius 3 is 2.13 bits per heavy atom. The summed E-state index contributed by atoms with van der Waals surface area (Å²) in [6, 6.07) is 17.2. The first-order valence-electron chi connectivity index (χ1n) is 9.16. The molecule has 0 aliphatic carbocycles. The molecule has 3 rings (SSSR count). The molecule has 0 aromatic heterocycles. The number of anilines is 2. The predicted octanol–water partition coefficient (Wildman–Crippen LogP) is 3.77. The topological polar surface area (TPSA) is 103 Å². The lowest BCUT2D eigenvalue weighted by Crippen LogP contribution is -2.14. The largest absolute Gasteiger partial charge is 0.497 e. The van der Waals surface area contributed by atoms with Gasteiger partial charge in [0.2, 0.25) is 0 Å². The van der Waals surface area contributed by atoms with E-state index in [0.29, 0.717) is 34.2 Å². The van der Waals surface area contributed by atoms with Crippen LogP contribution in [-0.2, 0) is 10.0 Å². The van der Waals surface area contributed by atoms with Gasteiger partial charge in [-0.25, -0.2) is 8.42 Å². The van der Waals surface area contributed by atoms with E-state index in [4.69, 9.17) is 14.2 Å². The second kappa shape index (κ2) is 9.40. The highest BCUT2D eigenvalue weighted by molar-refractivity contribution is 7.92. The number of ether oxygens (including phenoxy) is 3. The van der Waals surface area contributed by atoms with Crippen LogP contribution in [0, 0.1) is 0 Å². The first-order valence-corrected chi connectivity index (χ1v) is 10.6. The van der Waals surface area contributed by atoms with Crippen molar-refractivity contribution in [2.24, 2.45) is 0 Å². The minimum atomic E-state index is -3.80. The van der Waals surface area contributed by atoms with Crippen molar-refractivity contribution in [1.29, 1.82) is 0 Å². The highest BCUT2D eigenvalue weighted by atomic mass is 32.2. The molecule has 3 aromatic rings. The minimum Gasteiger partial charge on any atom is -0.497 e. The zero-order valence-corrected chi connectivity index (χ0v) is 18.0. The van der Waals surface area contributed by atoms with Crippen LogP contribution in [0.2, 0.25) is 0 Å². The smallest absolute Gasteiger partial charge is 0.261 e. The van der Waals surface area contributed by atoms with Crippen molar-refractivity contribution >= 4 is 27.3 Å². The molecular formula is C22H22N2O6S. The highest BCUT2D eigenvalue weighted by Gasteiger charge is 2.16. The zero-order chi connectivity index (χ0) is 22.4. The van der Waals surface area contributed by atoms with Gasteiger partial charge in [0.1, 0.15) is 5.75 Å². The first-order chi connectivity index (χ1) is 14.9. The average molecular weight is 442 g/mol. The molecule has 31 heavy (non-hydrogen) atoms. The van der Waals surface area contributed by atoms with Gasteiger partial charge in [-0.05, 0) is 54.6 Å². The van der Waals surface area contributed by atoms with Gasteiger partial charge in [0.25, 0.3) is 15.9 Å². The zero-order valence-electron chi connectivity index (χ0n) is 17.2. The Balaban J connectivity index is 1.72. The highest BCUT2D eigenvalue weighted by Crippen LogP contribution is 2.28. The van der Waals surface area contributed by atoms with Gasteiger partial charge >= 0.3 is 0 Å². The predicted molar refractivity (Wildman–Crippen MR) is 118 cm³/mol. The van der Waals surface area contributed by atoms with Crippen molar-refractivity contribution in [3.8, 4) is 17.2 Å². The molecule has 0 saturated carbocycles. The molecule has 0 atom stereocenters. The van der Waals surface area contributed by atoms with Gasteiger partial charge in [-0.3, -0.25) is 9.52 Å². The second-order valence-corrected chi connectivity index (χ2v) is 8.07. The summed E-state index contributed by atoms with van der Waals surface area (Å²) < 4.78 is 43.2. The van der Waals surface area contributed by atoms with Crippen LogP contribution in [-0.4, -0.2) is 35.7 Å². The number of hydrogen-bond donors (Lipinski definition) is 2. The van der Waals surface area contributed by atoms with Crippen LogP contribution in [0.5, 0.6) is 17.2 Å². The van der Waals surface area contributed by atoms with Gasteiger partial charge in [0.15, 0.2) is 11.5 Å². The third-order valence-electron chi connectivity index (χ3n) is 4.39. The van der Waals surface area contributed by atoms with Gasteiger partial charge < -0.3 is 19.5 Å². The Bertz CT molecular complexity index is 1180. The molecule has 0 aliphatic heterocycles. The van der Waals surface area contributed by atoms with Crippen molar-refractivity contribution in [2.75, 3.05) is 31.4 Å². The van der Waals surface area contributed by atoms with Crippen molar-refractivity contribution in [3.63, 3.8) is 0 Å². The van der Waals surface area contributed by atoms with Crippen LogP contribution in [0.4, 0.5) is 11.4 Å². The van der Waals surface area contributed by atoms with Gasteiger partial charge in [0.05, 0.1) is 31.9 Å². The summed E-state index contributed by atoms with van der Waals surface area (Å²) in [5, 5.41) is 2.72. The molecular weight excluding hydrogens is 420 g/mol. The van der Waals surface area contributed by atoms with E-state index in [1.165, 1.54) is 45.6 Å². The fraction of sp³-hybridized carbons (Fsp3) is 0.136. The summed E-state index contributed by atoms with van der Waals surface area (Å²) >= 11 is 0. The summed E-state index contributed by atoms with van der Waals surface area (Å²) in [6.07, 6.45) is 0. The van der Waals surface area contributed by atoms with Gasteiger partial charge in [-0.1, -0.05) is 6.07 Å². The SMILES string of the molecule is COc1cccc(NS(=O)(=O)c2ccc(NC(=O)c3ccc(OC)c(OC)c3)cc2)c1. The maximum atomic E-state index is 12.6. The van der Waals surface area contributed by atoms with E-state index in [1.54, 1.807) is 42.5 Å². The number of methoxy groups -OCH3 is 3. The van der Waals surface area contributed by atoms with Crippen molar-refractivity contribution < 1.29 is 27.4 Å². The molecule has 1 amide bonds. The molecule has 0 aliphatic rings. The number of amides is 1. The summed E-state index contributed by atoms with van der Waals surface area (Å²) in [5.41, 5.74) is 1.19. The molecule has 0 bridgehead atoms. The lowest BCUT2D eigenvalue weighted by atomic mass is 10.2. The Morgan fingerprint density at radius 1 is 0.774 bits per heavy atom. The van der Waals surface area contributed by atoms with Crippen LogP contribution in [0.15, 0.2) is 71.6 Å². The van der Waals surface area contributed by atoms with Crippen LogP contribution in [0.1, 0.15) is 10.4 Å². The van der Waals surface area contributed by atoms with E-state index in [9.17, 15) is 13.2 Å².